The number of benzene rings is 2. The molecule has 0 heterocycles. The Morgan fingerprint density at radius 3 is 0.963 bits per heavy atom. The van der Waals surface area contributed by atoms with Crippen LogP contribution in [0, 0.1) is 0 Å². The van der Waals surface area contributed by atoms with Gasteiger partial charge in [0.1, 0.15) is 20.2 Å². The van der Waals surface area contributed by atoms with E-state index >= 15 is 0 Å². The van der Waals surface area contributed by atoms with Crippen LogP contribution in [0.3, 0.4) is 0 Å². The SMILES string of the molecule is O=S(=O)([O-])c1cc(Cl)c(Cl)cc1Cl.O=S(=O)([O-])c1cc(Cl)c(Cl)cc1Cl.[Ba+2]. The predicted octanol–water partition coefficient (Wildman–Crippen LogP) is 4.72. The van der Waals surface area contributed by atoms with Gasteiger partial charge in [-0.1, -0.05) is 69.6 Å². The van der Waals surface area contributed by atoms with Crippen molar-refractivity contribution in [1.82, 2.24) is 0 Å². The third kappa shape index (κ3) is 8.68. The number of rotatable bonds is 2. The van der Waals surface area contributed by atoms with Gasteiger partial charge in [-0.3, -0.25) is 0 Å². The number of hydrogen-bond donors (Lipinski definition) is 0. The summed E-state index contributed by atoms with van der Waals surface area (Å²) in [6.07, 6.45) is 0. The average Bonchev–Trinajstić information content (AvgIpc) is 2.45. The van der Waals surface area contributed by atoms with Gasteiger partial charge < -0.3 is 9.11 Å². The molecule has 0 radical (unpaired) electrons. The van der Waals surface area contributed by atoms with Crippen molar-refractivity contribution in [3.8, 4) is 0 Å². The number of halogens is 6. The van der Waals surface area contributed by atoms with Gasteiger partial charge in [0, 0.05) is 0 Å². The molecule has 2 aromatic carbocycles. The largest absolute Gasteiger partial charge is 2.00 e. The third-order valence-corrected chi connectivity index (χ3v) is 6.53. The summed E-state index contributed by atoms with van der Waals surface area (Å²) in [4.78, 5) is -1.13. The summed E-state index contributed by atoms with van der Waals surface area (Å²) >= 11 is 33.0. The molecule has 15 heteroatoms. The topological polar surface area (TPSA) is 114 Å². The van der Waals surface area contributed by atoms with Crippen molar-refractivity contribution in [3.05, 3.63) is 54.4 Å². The van der Waals surface area contributed by atoms with Crippen LogP contribution < -0.4 is 0 Å². The summed E-state index contributed by atoms with van der Waals surface area (Å²) in [5.74, 6) is 0. The van der Waals surface area contributed by atoms with Crippen molar-refractivity contribution in [2.45, 2.75) is 9.79 Å². The molecular weight excluding hydrogens is 654 g/mol. The second-order valence-corrected chi connectivity index (χ2v) is 9.44. The first kappa shape index (κ1) is 28.6. The van der Waals surface area contributed by atoms with Crippen molar-refractivity contribution in [2.75, 3.05) is 0 Å². The molecule has 27 heavy (non-hydrogen) atoms. The van der Waals surface area contributed by atoms with E-state index in [4.69, 9.17) is 69.6 Å². The van der Waals surface area contributed by atoms with Crippen molar-refractivity contribution in [3.63, 3.8) is 0 Å². The fraction of sp³-hybridized carbons (Fsp3) is 0. The molecule has 0 aliphatic carbocycles. The van der Waals surface area contributed by atoms with E-state index in [9.17, 15) is 25.9 Å². The second kappa shape index (κ2) is 11.3. The van der Waals surface area contributed by atoms with Gasteiger partial charge in [-0.05, 0) is 24.3 Å². The molecule has 0 N–H and O–H groups in total. The van der Waals surface area contributed by atoms with Crippen molar-refractivity contribution in [1.29, 1.82) is 0 Å². The van der Waals surface area contributed by atoms with E-state index in [1.165, 1.54) is 0 Å². The fourth-order valence-corrected chi connectivity index (χ4v) is 4.30. The molecule has 0 fully saturated rings. The normalized spacial score (nSPS) is 11.3. The van der Waals surface area contributed by atoms with Gasteiger partial charge in [0.2, 0.25) is 0 Å². The maximum absolute atomic E-state index is 10.6. The number of hydrogen-bond acceptors (Lipinski definition) is 6. The third-order valence-electron chi connectivity index (χ3n) is 2.49. The zero-order valence-electron chi connectivity index (χ0n) is 12.6. The molecule has 0 saturated carbocycles. The van der Waals surface area contributed by atoms with Gasteiger partial charge in [0.25, 0.3) is 0 Å². The second-order valence-electron chi connectivity index (χ2n) is 4.30. The Labute approximate surface area is 225 Å². The van der Waals surface area contributed by atoms with Crippen LogP contribution >= 0.6 is 69.6 Å². The Hall–Kier alpha value is 1.57. The zero-order chi connectivity index (χ0) is 20.4. The van der Waals surface area contributed by atoms with Crippen LogP contribution in [0.5, 0.6) is 0 Å². The first-order chi connectivity index (χ1) is 11.6. The molecule has 144 valence electrons. The summed E-state index contributed by atoms with van der Waals surface area (Å²) in [7, 11) is -9.20. The molecule has 2 rings (SSSR count). The van der Waals surface area contributed by atoms with E-state index in [2.05, 4.69) is 0 Å². The van der Waals surface area contributed by atoms with E-state index in [0.29, 0.717) is 0 Å². The maximum Gasteiger partial charge on any atom is 2.00 e. The fourth-order valence-electron chi connectivity index (χ4n) is 1.39. The van der Waals surface area contributed by atoms with Crippen LogP contribution in [0.4, 0.5) is 0 Å². The van der Waals surface area contributed by atoms with E-state index < -0.39 is 30.0 Å². The van der Waals surface area contributed by atoms with Crippen LogP contribution in [0.25, 0.3) is 0 Å². The van der Waals surface area contributed by atoms with Crippen molar-refractivity contribution in [2.24, 2.45) is 0 Å². The molecule has 0 aliphatic heterocycles. The van der Waals surface area contributed by atoms with Gasteiger partial charge in [0.05, 0.1) is 39.9 Å². The van der Waals surface area contributed by atoms with Gasteiger partial charge >= 0.3 is 48.9 Å². The minimum atomic E-state index is -4.60. The molecule has 0 spiro atoms. The average molecular weight is 658 g/mol. The first-order valence-electron chi connectivity index (χ1n) is 5.85. The monoisotopic (exact) mass is 656 g/mol. The molecule has 0 atom stereocenters. The predicted molar refractivity (Wildman–Crippen MR) is 105 cm³/mol. The molecule has 0 bridgehead atoms. The molecule has 2 aromatic rings. The van der Waals surface area contributed by atoms with Crippen LogP contribution in [0.2, 0.25) is 30.1 Å². The molecular formula is C12H4BaCl6O6S2. The van der Waals surface area contributed by atoms with E-state index in [1.54, 1.807) is 0 Å². The van der Waals surface area contributed by atoms with Crippen LogP contribution in [-0.4, -0.2) is 74.8 Å². The molecule has 0 saturated heterocycles. The Morgan fingerprint density at radius 2 is 0.741 bits per heavy atom. The quantitative estimate of drug-likeness (QED) is 0.262. The first-order valence-corrected chi connectivity index (χ1v) is 10.9. The minimum Gasteiger partial charge on any atom is -0.744 e. The Morgan fingerprint density at radius 1 is 0.519 bits per heavy atom. The molecule has 6 nitrogen and oxygen atoms in total. The molecule has 0 amide bonds. The maximum atomic E-state index is 10.6. The van der Waals surface area contributed by atoms with E-state index in [-0.39, 0.29) is 79.0 Å². The zero-order valence-corrected chi connectivity index (χ0v) is 23.2. The van der Waals surface area contributed by atoms with E-state index in [1.807, 2.05) is 0 Å². The standard InChI is InChI=1S/2C6H3Cl3O3S.Ba/c2*7-3-1-5(9)6(2-4(3)8)13(10,11)12;/h2*1-2H,(H,10,11,12);/q;;+2/p-2. The molecule has 0 aliphatic rings. The summed E-state index contributed by atoms with van der Waals surface area (Å²) in [6, 6.07) is 4.07. The smallest absolute Gasteiger partial charge is 0.744 e. The van der Waals surface area contributed by atoms with Gasteiger partial charge in [-0.2, -0.15) is 0 Å². The van der Waals surface area contributed by atoms with Gasteiger partial charge in [-0.15, -0.1) is 0 Å². The van der Waals surface area contributed by atoms with Gasteiger partial charge in [-0.25, -0.2) is 16.8 Å². The summed E-state index contributed by atoms with van der Waals surface area (Å²) in [5, 5.41) is -0.326. The van der Waals surface area contributed by atoms with Crippen molar-refractivity contribution < 1.29 is 25.9 Å². The Kier molecular flexibility index (Phi) is 11.9. The van der Waals surface area contributed by atoms with Crippen LogP contribution in [-0.2, 0) is 20.2 Å². The van der Waals surface area contributed by atoms with Crippen molar-refractivity contribution >= 4 is 139 Å². The minimum absolute atomic E-state index is 0. The Bertz CT molecular complexity index is 973. The Balaban J connectivity index is 0.000000483. The van der Waals surface area contributed by atoms with E-state index in [0.717, 1.165) is 24.3 Å². The summed E-state index contributed by atoms with van der Waals surface area (Å²) in [6.45, 7) is 0. The van der Waals surface area contributed by atoms with Gasteiger partial charge in [0.15, 0.2) is 0 Å². The summed E-state index contributed by atoms with van der Waals surface area (Å²) < 4.78 is 63.5. The molecule has 0 aromatic heterocycles. The van der Waals surface area contributed by atoms with Crippen LogP contribution in [0.15, 0.2) is 34.1 Å². The summed E-state index contributed by atoms with van der Waals surface area (Å²) in [5.41, 5.74) is 0. The van der Waals surface area contributed by atoms with Crippen LogP contribution in [0.1, 0.15) is 0 Å². The molecule has 0 unspecified atom stereocenters.